The minimum Gasteiger partial charge on any atom is -0.332 e. The molecule has 82 valence electrons. The zero-order valence-corrected chi connectivity index (χ0v) is 9.09. The SMILES string of the molecule is O=C1CCCN1CC#CC1CCCCN1. The summed E-state index contributed by atoms with van der Waals surface area (Å²) >= 11 is 0. The third kappa shape index (κ3) is 2.97. The third-order valence-electron chi connectivity index (χ3n) is 3.03. The van der Waals surface area contributed by atoms with Gasteiger partial charge in [0.1, 0.15) is 0 Å². The van der Waals surface area contributed by atoms with E-state index in [0.29, 0.717) is 19.0 Å². The van der Waals surface area contributed by atoms with Crippen LogP contribution in [0.2, 0.25) is 0 Å². The molecule has 2 saturated heterocycles. The van der Waals surface area contributed by atoms with Gasteiger partial charge in [-0.1, -0.05) is 11.8 Å². The van der Waals surface area contributed by atoms with Crippen molar-refractivity contribution < 1.29 is 4.79 Å². The van der Waals surface area contributed by atoms with Crippen molar-refractivity contribution in [2.24, 2.45) is 0 Å². The highest BCUT2D eigenvalue weighted by Gasteiger charge is 2.18. The number of nitrogens with zero attached hydrogens (tertiary/aromatic N) is 1. The minimum atomic E-state index is 0.265. The standard InChI is InChI=1S/C12H18N2O/c15-12-7-4-10-14(12)9-3-6-11-5-1-2-8-13-11/h11,13H,1-2,4-5,7-10H2. The Balaban J connectivity index is 1.76. The number of carbonyl (C=O) groups is 1. The first-order valence-corrected chi connectivity index (χ1v) is 5.86. The van der Waals surface area contributed by atoms with Crippen LogP contribution in [0.25, 0.3) is 0 Å². The van der Waals surface area contributed by atoms with Gasteiger partial charge in [-0.05, 0) is 32.2 Å². The van der Waals surface area contributed by atoms with Gasteiger partial charge in [0.25, 0.3) is 0 Å². The second kappa shape index (κ2) is 5.18. The van der Waals surface area contributed by atoms with E-state index in [1.165, 1.54) is 12.8 Å². The fourth-order valence-corrected chi connectivity index (χ4v) is 2.11. The Hall–Kier alpha value is -1.01. The quantitative estimate of drug-likeness (QED) is 0.642. The number of piperidine rings is 1. The summed E-state index contributed by atoms with van der Waals surface area (Å²) in [5, 5.41) is 3.38. The summed E-state index contributed by atoms with van der Waals surface area (Å²) in [5.41, 5.74) is 0. The van der Waals surface area contributed by atoms with E-state index >= 15 is 0 Å². The molecule has 2 rings (SSSR count). The molecule has 0 saturated carbocycles. The smallest absolute Gasteiger partial charge is 0.223 e. The van der Waals surface area contributed by atoms with E-state index in [9.17, 15) is 4.79 Å². The van der Waals surface area contributed by atoms with Crippen LogP contribution < -0.4 is 5.32 Å². The van der Waals surface area contributed by atoms with Gasteiger partial charge >= 0.3 is 0 Å². The van der Waals surface area contributed by atoms with Gasteiger partial charge in [0.15, 0.2) is 0 Å². The highest BCUT2D eigenvalue weighted by atomic mass is 16.2. The molecule has 0 aromatic carbocycles. The summed E-state index contributed by atoms with van der Waals surface area (Å²) in [6.07, 6.45) is 5.41. The third-order valence-corrected chi connectivity index (χ3v) is 3.03. The van der Waals surface area contributed by atoms with Crippen LogP contribution in [0.1, 0.15) is 32.1 Å². The van der Waals surface area contributed by atoms with Crippen LogP contribution in [0.4, 0.5) is 0 Å². The van der Waals surface area contributed by atoms with E-state index in [0.717, 1.165) is 25.9 Å². The molecule has 0 radical (unpaired) electrons. The van der Waals surface area contributed by atoms with E-state index in [1.807, 2.05) is 4.90 Å². The van der Waals surface area contributed by atoms with Crippen LogP contribution in [-0.4, -0.2) is 36.5 Å². The maximum absolute atomic E-state index is 11.3. The van der Waals surface area contributed by atoms with Crippen molar-refractivity contribution >= 4 is 5.91 Å². The van der Waals surface area contributed by atoms with Gasteiger partial charge in [-0.15, -0.1) is 0 Å². The molecule has 1 unspecified atom stereocenters. The van der Waals surface area contributed by atoms with Gasteiger partial charge < -0.3 is 10.2 Å². The van der Waals surface area contributed by atoms with Crippen LogP contribution in [0.15, 0.2) is 0 Å². The molecule has 1 amide bonds. The lowest BCUT2D eigenvalue weighted by Crippen LogP contribution is -2.33. The molecule has 0 spiro atoms. The van der Waals surface area contributed by atoms with Crippen LogP contribution in [0.3, 0.4) is 0 Å². The molecule has 1 atom stereocenters. The number of amides is 1. The van der Waals surface area contributed by atoms with Gasteiger partial charge in [-0.2, -0.15) is 0 Å². The van der Waals surface area contributed by atoms with E-state index in [1.54, 1.807) is 0 Å². The molecule has 2 aliphatic heterocycles. The number of carbonyl (C=O) groups excluding carboxylic acids is 1. The number of hydrogen-bond acceptors (Lipinski definition) is 2. The zero-order chi connectivity index (χ0) is 10.5. The first kappa shape index (κ1) is 10.5. The average Bonchev–Trinajstić information content (AvgIpc) is 2.66. The fraction of sp³-hybridized carbons (Fsp3) is 0.750. The van der Waals surface area contributed by atoms with Crippen LogP contribution >= 0.6 is 0 Å². The van der Waals surface area contributed by atoms with Gasteiger partial charge in [-0.3, -0.25) is 4.79 Å². The van der Waals surface area contributed by atoms with Crippen molar-refractivity contribution in [2.75, 3.05) is 19.6 Å². The van der Waals surface area contributed by atoms with E-state index in [-0.39, 0.29) is 5.91 Å². The zero-order valence-electron chi connectivity index (χ0n) is 9.09. The lowest BCUT2D eigenvalue weighted by molar-refractivity contribution is -0.127. The summed E-state index contributed by atoms with van der Waals surface area (Å²) in [5.74, 6) is 6.60. The highest BCUT2D eigenvalue weighted by Crippen LogP contribution is 2.08. The van der Waals surface area contributed by atoms with Crippen LogP contribution in [0, 0.1) is 11.8 Å². The summed E-state index contributed by atoms with van der Waals surface area (Å²) in [7, 11) is 0. The number of rotatable bonds is 1. The summed E-state index contributed by atoms with van der Waals surface area (Å²) in [4.78, 5) is 13.2. The Morgan fingerprint density at radius 2 is 2.33 bits per heavy atom. The fourth-order valence-electron chi connectivity index (χ4n) is 2.11. The predicted molar refractivity (Wildman–Crippen MR) is 59.2 cm³/mol. The lowest BCUT2D eigenvalue weighted by atomic mass is 10.1. The van der Waals surface area contributed by atoms with E-state index in [2.05, 4.69) is 17.2 Å². The molecule has 0 aromatic heterocycles. The Bertz CT molecular complexity index is 284. The largest absolute Gasteiger partial charge is 0.332 e. The number of likely N-dealkylation sites (tertiary alicyclic amines) is 1. The normalized spacial score (nSPS) is 26.3. The first-order chi connectivity index (χ1) is 7.36. The Labute approximate surface area is 91.2 Å². The number of nitrogens with one attached hydrogen (secondary N) is 1. The summed E-state index contributed by atoms with van der Waals surface area (Å²) in [6, 6.07) is 0.358. The first-order valence-electron chi connectivity index (χ1n) is 5.86. The van der Waals surface area contributed by atoms with Crippen molar-refractivity contribution in [3.63, 3.8) is 0 Å². The molecule has 2 heterocycles. The molecule has 2 aliphatic rings. The average molecular weight is 206 g/mol. The molecule has 3 nitrogen and oxygen atoms in total. The second-order valence-electron chi connectivity index (χ2n) is 4.24. The molecule has 2 fully saturated rings. The highest BCUT2D eigenvalue weighted by molar-refractivity contribution is 5.78. The van der Waals surface area contributed by atoms with Crippen molar-refractivity contribution in [3.8, 4) is 11.8 Å². The molecular weight excluding hydrogens is 188 g/mol. The molecule has 0 aliphatic carbocycles. The van der Waals surface area contributed by atoms with Gasteiger partial charge in [0.2, 0.25) is 5.91 Å². The topological polar surface area (TPSA) is 32.3 Å². The molecular formula is C12H18N2O. The lowest BCUT2D eigenvalue weighted by Gasteiger charge is -2.18. The Kier molecular flexibility index (Phi) is 3.63. The molecule has 3 heteroatoms. The summed E-state index contributed by atoms with van der Waals surface area (Å²) < 4.78 is 0. The van der Waals surface area contributed by atoms with Gasteiger partial charge in [-0.25, -0.2) is 0 Å². The maximum atomic E-state index is 11.3. The van der Waals surface area contributed by atoms with E-state index < -0.39 is 0 Å². The van der Waals surface area contributed by atoms with Crippen LogP contribution in [0.5, 0.6) is 0 Å². The van der Waals surface area contributed by atoms with Gasteiger partial charge in [0.05, 0.1) is 12.6 Å². The maximum Gasteiger partial charge on any atom is 0.223 e. The second-order valence-corrected chi connectivity index (χ2v) is 4.24. The van der Waals surface area contributed by atoms with Crippen molar-refractivity contribution in [2.45, 2.75) is 38.1 Å². The van der Waals surface area contributed by atoms with Crippen molar-refractivity contribution in [1.29, 1.82) is 0 Å². The molecule has 1 N–H and O–H groups in total. The van der Waals surface area contributed by atoms with Crippen LogP contribution in [-0.2, 0) is 4.79 Å². The minimum absolute atomic E-state index is 0.265. The molecule has 0 aromatic rings. The molecule has 15 heavy (non-hydrogen) atoms. The Morgan fingerprint density at radius 3 is 3.00 bits per heavy atom. The van der Waals surface area contributed by atoms with Crippen molar-refractivity contribution in [3.05, 3.63) is 0 Å². The summed E-state index contributed by atoms with van der Waals surface area (Å²) in [6.45, 7) is 2.60. The Morgan fingerprint density at radius 1 is 1.40 bits per heavy atom. The number of hydrogen-bond donors (Lipinski definition) is 1. The monoisotopic (exact) mass is 206 g/mol. The van der Waals surface area contributed by atoms with E-state index in [4.69, 9.17) is 0 Å². The predicted octanol–water partition coefficient (Wildman–Crippen LogP) is 0.754. The van der Waals surface area contributed by atoms with Gasteiger partial charge in [0, 0.05) is 13.0 Å². The molecule has 0 bridgehead atoms. The van der Waals surface area contributed by atoms with Crippen molar-refractivity contribution in [1.82, 2.24) is 10.2 Å².